The lowest BCUT2D eigenvalue weighted by Crippen LogP contribution is -2.56. The van der Waals surface area contributed by atoms with Crippen molar-refractivity contribution >= 4 is 15.4 Å². The average Bonchev–Trinajstić information content (AvgIpc) is 2.10. The third-order valence-corrected chi connectivity index (χ3v) is 19.8. The van der Waals surface area contributed by atoms with E-state index in [1.165, 1.54) is 31.7 Å². The Kier molecular flexibility index (Phi) is 6.25. The molecule has 0 amide bonds. The van der Waals surface area contributed by atoms with Gasteiger partial charge in [0, 0.05) is 7.11 Å². The summed E-state index contributed by atoms with van der Waals surface area (Å²) in [5.74, 6) is 0. The zero-order valence-corrected chi connectivity index (χ0v) is 12.9. The molecule has 0 bridgehead atoms. The average molecular weight is 233 g/mol. The molecule has 0 aromatic carbocycles. The minimum atomic E-state index is -1.34. The highest BCUT2D eigenvalue weighted by atomic mass is 29.3. The van der Waals surface area contributed by atoms with Gasteiger partial charge in [-0.15, -0.1) is 0 Å². The lowest BCUT2D eigenvalue weighted by molar-refractivity contribution is 0.410. The van der Waals surface area contributed by atoms with Gasteiger partial charge in [0.2, 0.25) is 0 Å². The van der Waals surface area contributed by atoms with Crippen LogP contribution in [0.2, 0.25) is 32.2 Å². The summed E-state index contributed by atoms with van der Waals surface area (Å²) in [6, 6.07) is 1.37. The van der Waals surface area contributed by atoms with E-state index in [9.17, 15) is 0 Å². The molecule has 86 valence electrons. The van der Waals surface area contributed by atoms with Crippen LogP contribution in [0.25, 0.3) is 0 Å². The minimum absolute atomic E-state index is 1.05. The molecule has 1 nitrogen and oxygen atoms in total. The molecule has 1 unspecified atom stereocenters. The normalized spacial score (nSPS) is 16.7. The summed E-state index contributed by atoms with van der Waals surface area (Å²) >= 11 is 0. The molecule has 0 aliphatic heterocycles. The number of rotatable bonds is 7. The maximum atomic E-state index is 5.88. The van der Waals surface area contributed by atoms with Gasteiger partial charge in [-0.1, -0.05) is 52.2 Å². The molecule has 0 saturated carbocycles. The summed E-state index contributed by atoms with van der Waals surface area (Å²) in [5, 5.41) is 0. The van der Waals surface area contributed by atoms with Crippen molar-refractivity contribution in [3.05, 3.63) is 0 Å². The molecule has 14 heavy (non-hydrogen) atoms. The molecule has 0 aliphatic carbocycles. The lowest BCUT2D eigenvalue weighted by Gasteiger charge is -2.36. The summed E-state index contributed by atoms with van der Waals surface area (Å²) in [6.45, 7) is 12.1. The summed E-state index contributed by atoms with van der Waals surface area (Å²) in [5.41, 5.74) is 0. The minimum Gasteiger partial charge on any atom is -0.423 e. The topological polar surface area (TPSA) is 9.23 Å². The number of hydrogen-bond donors (Lipinski definition) is 0. The van der Waals surface area contributed by atoms with Crippen LogP contribution in [0, 0.1) is 0 Å². The molecular weight excluding hydrogens is 204 g/mol. The van der Waals surface area contributed by atoms with Crippen LogP contribution in [0.3, 0.4) is 0 Å². The highest BCUT2D eigenvalue weighted by Crippen LogP contribution is 2.26. The monoisotopic (exact) mass is 232 g/mol. The van der Waals surface area contributed by atoms with Crippen molar-refractivity contribution < 1.29 is 4.43 Å². The SMILES string of the molecule is CCCCCC[Si](C)(OC)[Si](C)(C)C. The number of unbranched alkanes of at least 4 members (excludes halogenated alkanes) is 3. The van der Waals surface area contributed by atoms with Crippen LogP contribution in [0.5, 0.6) is 0 Å². The molecule has 0 N–H and O–H groups in total. The van der Waals surface area contributed by atoms with E-state index in [2.05, 4.69) is 33.1 Å². The molecular formula is C11H28OSi2. The Morgan fingerprint density at radius 3 is 1.86 bits per heavy atom. The van der Waals surface area contributed by atoms with Crippen molar-refractivity contribution in [1.82, 2.24) is 0 Å². The largest absolute Gasteiger partial charge is 0.423 e. The Labute approximate surface area is 92.2 Å². The first kappa shape index (κ1) is 14.4. The van der Waals surface area contributed by atoms with E-state index in [0.717, 1.165) is 0 Å². The highest BCUT2D eigenvalue weighted by molar-refractivity contribution is 7.38. The number of hydrogen-bond acceptors (Lipinski definition) is 1. The van der Waals surface area contributed by atoms with Gasteiger partial charge in [0.05, 0.1) is 7.59 Å². The van der Waals surface area contributed by atoms with Gasteiger partial charge < -0.3 is 4.43 Å². The van der Waals surface area contributed by atoms with Crippen molar-refractivity contribution in [2.24, 2.45) is 0 Å². The first-order valence-electron chi connectivity index (χ1n) is 5.92. The first-order chi connectivity index (χ1) is 6.37. The van der Waals surface area contributed by atoms with Crippen molar-refractivity contribution in [1.29, 1.82) is 0 Å². The van der Waals surface area contributed by atoms with Crippen LogP contribution in [-0.2, 0) is 4.43 Å². The zero-order valence-electron chi connectivity index (χ0n) is 10.9. The summed E-state index contributed by atoms with van der Waals surface area (Å²) in [6.07, 6.45) is 5.50. The quantitative estimate of drug-likeness (QED) is 0.472. The van der Waals surface area contributed by atoms with Gasteiger partial charge >= 0.3 is 0 Å². The van der Waals surface area contributed by atoms with Gasteiger partial charge in [-0.3, -0.25) is 0 Å². The van der Waals surface area contributed by atoms with Gasteiger partial charge in [-0.05, 0) is 12.6 Å². The molecule has 0 fully saturated rings. The molecule has 0 aromatic rings. The van der Waals surface area contributed by atoms with E-state index >= 15 is 0 Å². The highest BCUT2D eigenvalue weighted by Gasteiger charge is 2.41. The standard InChI is InChI=1S/C11H28OSi2/c1-7-8-9-10-11-14(6,12-2)13(3,4)5/h7-11H2,1-6H3. The van der Waals surface area contributed by atoms with Crippen LogP contribution in [0.4, 0.5) is 0 Å². The van der Waals surface area contributed by atoms with Gasteiger partial charge in [-0.2, -0.15) is 0 Å². The third-order valence-electron chi connectivity index (χ3n) is 3.54. The fourth-order valence-corrected chi connectivity index (χ4v) is 8.78. The van der Waals surface area contributed by atoms with E-state index in [4.69, 9.17) is 4.43 Å². The van der Waals surface area contributed by atoms with Crippen LogP contribution in [0.15, 0.2) is 0 Å². The Balaban J connectivity index is 4.01. The third kappa shape index (κ3) is 4.28. The van der Waals surface area contributed by atoms with Gasteiger partial charge in [-0.25, -0.2) is 0 Å². The first-order valence-corrected chi connectivity index (χ1v) is 13.0. The van der Waals surface area contributed by atoms with E-state index in [-0.39, 0.29) is 0 Å². The van der Waals surface area contributed by atoms with Gasteiger partial charge in [0.15, 0.2) is 7.83 Å². The molecule has 0 aromatic heterocycles. The Morgan fingerprint density at radius 1 is 0.929 bits per heavy atom. The van der Waals surface area contributed by atoms with E-state index in [0.29, 0.717) is 0 Å². The van der Waals surface area contributed by atoms with Crippen LogP contribution >= 0.6 is 0 Å². The van der Waals surface area contributed by atoms with Gasteiger partial charge in [0.25, 0.3) is 0 Å². The maximum Gasteiger partial charge on any atom is 0.175 e. The predicted octanol–water partition coefficient (Wildman–Crippen LogP) is 4.21. The van der Waals surface area contributed by atoms with Crippen LogP contribution in [0.1, 0.15) is 32.6 Å². The smallest absolute Gasteiger partial charge is 0.175 e. The van der Waals surface area contributed by atoms with Crippen molar-refractivity contribution in [2.45, 2.75) is 64.8 Å². The second-order valence-electron chi connectivity index (χ2n) is 5.50. The Morgan fingerprint density at radius 2 is 1.50 bits per heavy atom. The van der Waals surface area contributed by atoms with Crippen LogP contribution in [-0.4, -0.2) is 22.5 Å². The molecule has 0 radical (unpaired) electrons. The van der Waals surface area contributed by atoms with Crippen molar-refractivity contribution in [3.63, 3.8) is 0 Å². The van der Waals surface area contributed by atoms with Crippen LogP contribution < -0.4 is 0 Å². The van der Waals surface area contributed by atoms with Gasteiger partial charge in [0.1, 0.15) is 0 Å². The Hall–Kier alpha value is 0.394. The fraction of sp³-hybridized carbons (Fsp3) is 1.00. The van der Waals surface area contributed by atoms with E-state index in [1.807, 2.05) is 7.11 Å². The second-order valence-corrected chi connectivity index (χ2v) is 21.0. The second kappa shape index (κ2) is 6.08. The molecule has 1 atom stereocenters. The fourth-order valence-electron chi connectivity index (χ4n) is 1.67. The predicted molar refractivity (Wildman–Crippen MR) is 70.9 cm³/mol. The molecule has 0 aliphatic rings. The zero-order chi connectivity index (χ0) is 11.2. The van der Waals surface area contributed by atoms with E-state index in [1.54, 1.807) is 0 Å². The molecule has 0 spiro atoms. The van der Waals surface area contributed by atoms with Crippen molar-refractivity contribution in [3.8, 4) is 0 Å². The summed E-state index contributed by atoms with van der Waals surface area (Å²) < 4.78 is 5.88. The summed E-state index contributed by atoms with van der Waals surface area (Å²) in [7, 11) is -0.456. The Bertz CT molecular complexity index is 154. The molecule has 0 saturated heterocycles. The van der Waals surface area contributed by atoms with E-state index < -0.39 is 15.4 Å². The summed E-state index contributed by atoms with van der Waals surface area (Å²) in [4.78, 5) is 0. The molecule has 0 rings (SSSR count). The lowest BCUT2D eigenvalue weighted by atomic mass is 10.2. The van der Waals surface area contributed by atoms with Crippen molar-refractivity contribution in [2.75, 3.05) is 7.11 Å². The molecule has 3 heteroatoms. The molecule has 0 heterocycles. The maximum absolute atomic E-state index is 5.88.